The maximum atomic E-state index is 11.4. The van der Waals surface area contributed by atoms with Crippen molar-refractivity contribution in [3.63, 3.8) is 0 Å². The fourth-order valence-corrected chi connectivity index (χ4v) is 3.63. The first kappa shape index (κ1) is 18.0. The molecule has 3 heterocycles. The van der Waals surface area contributed by atoms with Crippen LogP contribution in [0.4, 0.5) is 10.8 Å². The summed E-state index contributed by atoms with van der Waals surface area (Å²) in [4.78, 5) is 20.7. The number of benzene rings is 1. The molecule has 8 nitrogen and oxygen atoms in total. The Kier molecular flexibility index (Phi) is 4.68. The van der Waals surface area contributed by atoms with Gasteiger partial charge in [-0.05, 0) is 37.3 Å². The number of ether oxygens (including phenoxy) is 1. The third-order valence-electron chi connectivity index (χ3n) is 4.25. The van der Waals surface area contributed by atoms with Crippen molar-refractivity contribution in [3.05, 3.63) is 59.2 Å². The van der Waals surface area contributed by atoms with Gasteiger partial charge in [-0.1, -0.05) is 0 Å². The Hall–Kier alpha value is -3.43. The van der Waals surface area contributed by atoms with Crippen molar-refractivity contribution in [2.75, 3.05) is 12.4 Å². The van der Waals surface area contributed by atoms with Gasteiger partial charge in [-0.2, -0.15) is 0 Å². The Morgan fingerprint density at radius 2 is 2.00 bits per heavy atom. The van der Waals surface area contributed by atoms with Crippen LogP contribution in [0.2, 0.25) is 0 Å². The van der Waals surface area contributed by atoms with E-state index in [1.807, 2.05) is 35.0 Å². The van der Waals surface area contributed by atoms with Crippen LogP contribution in [0.5, 0.6) is 5.75 Å². The van der Waals surface area contributed by atoms with Crippen LogP contribution in [0.3, 0.4) is 0 Å². The molecule has 0 atom stereocenters. The molecule has 0 bridgehead atoms. The predicted molar refractivity (Wildman–Crippen MR) is 107 cm³/mol. The zero-order valence-electron chi connectivity index (χ0n) is 15.1. The molecule has 0 spiro atoms. The number of imidazole rings is 1. The van der Waals surface area contributed by atoms with Crippen LogP contribution in [0.1, 0.15) is 16.1 Å². The Balaban J connectivity index is 1.60. The van der Waals surface area contributed by atoms with E-state index in [0.29, 0.717) is 5.56 Å². The molecule has 4 rings (SSSR count). The van der Waals surface area contributed by atoms with E-state index < -0.39 is 5.91 Å². The van der Waals surface area contributed by atoms with Crippen LogP contribution in [0, 0.1) is 6.92 Å². The number of anilines is 2. The lowest BCUT2D eigenvalue weighted by Crippen LogP contribution is -2.18. The first-order chi connectivity index (χ1) is 13.6. The lowest BCUT2D eigenvalue weighted by molar-refractivity contribution is 0.0706. The highest BCUT2D eigenvalue weighted by atomic mass is 32.1. The van der Waals surface area contributed by atoms with E-state index in [9.17, 15) is 4.79 Å². The molecule has 3 aromatic heterocycles. The molecule has 3 N–H and O–H groups in total. The van der Waals surface area contributed by atoms with Gasteiger partial charge >= 0.3 is 0 Å². The van der Waals surface area contributed by atoms with Crippen molar-refractivity contribution >= 4 is 33.7 Å². The number of hydroxylamine groups is 1. The van der Waals surface area contributed by atoms with Crippen LogP contribution in [0.15, 0.2) is 48.0 Å². The van der Waals surface area contributed by atoms with E-state index in [1.165, 1.54) is 11.3 Å². The van der Waals surface area contributed by atoms with Crippen LogP contribution in [-0.2, 0) is 0 Å². The summed E-state index contributed by atoms with van der Waals surface area (Å²) < 4.78 is 7.25. The highest BCUT2D eigenvalue weighted by Crippen LogP contribution is 2.30. The summed E-state index contributed by atoms with van der Waals surface area (Å²) in [5.41, 5.74) is 6.19. The summed E-state index contributed by atoms with van der Waals surface area (Å²) in [6.07, 6.45) is 1.92. The Bertz CT molecular complexity index is 1150. The summed E-state index contributed by atoms with van der Waals surface area (Å²) in [5.74, 6) is 0.200. The highest BCUT2D eigenvalue weighted by molar-refractivity contribution is 7.14. The number of amides is 1. The number of nitrogens with one attached hydrogen (secondary N) is 2. The standard InChI is InChI=1S/C19H17N5O3S/c1-11-17(24-8-7-14(27-2)9-16(24)20-11)15-10-28-19(22-15)21-13-5-3-12(4-6-13)18(25)23-26/h3-10,26H,1-2H3,(H,21,22)(H,23,25). The summed E-state index contributed by atoms with van der Waals surface area (Å²) >= 11 is 1.48. The molecule has 0 fully saturated rings. The van der Waals surface area contributed by atoms with Gasteiger partial charge in [0.25, 0.3) is 5.91 Å². The topological polar surface area (TPSA) is 101 Å². The van der Waals surface area contributed by atoms with Crippen molar-refractivity contribution in [2.24, 2.45) is 0 Å². The fourth-order valence-electron chi connectivity index (χ4n) is 2.91. The van der Waals surface area contributed by atoms with Crippen molar-refractivity contribution in [1.29, 1.82) is 0 Å². The number of pyridine rings is 1. The molecular formula is C19H17N5O3S. The largest absolute Gasteiger partial charge is 0.497 e. The molecule has 1 amide bonds. The summed E-state index contributed by atoms with van der Waals surface area (Å²) in [6, 6.07) is 10.5. The molecule has 0 aliphatic rings. The number of carbonyl (C=O) groups is 1. The minimum atomic E-state index is -0.553. The van der Waals surface area contributed by atoms with Crippen molar-refractivity contribution < 1.29 is 14.7 Å². The zero-order valence-corrected chi connectivity index (χ0v) is 15.9. The van der Waals surface area contributed by atoms with Gasteiger partial charge in [0.1, 0.15) is 17.1 Å². The van der Waals surface area contributed by atoms with E-state index in [4.69, 9.17) is 9.94 Å². The van der Waals surface area contributed by atoms with Gasteiger partial charge in [0.05, 0.1) is 18.5 Å². The molecule has 0 unspecified atom stereocenters. The number of carbonyl (C=O) groups excluding carboxylic acids is 1. The smallest absolute Gasteiger partial charge is 0.274 e. The Labute approximate surface area is 164 Å². The number of aromatic nitrogens is 3. The van der Waals surface area contributed by atoms with Gasteiger partial charge in [-0.3, -0.25) is 14.4 Å². The average molecular weight is 395 g/mol. The van der Waals surface area contributed by atoms with E-state index in [0.717, 1.165) is 39.3 Å². The summed E-state index contributed by atoms with van der Waals surface area (Å²) in [6.45, 7) is 1.95. The maximum absolute atomic E-state index is 11.4. The van der Waals surface area contributed by atoms with Gasteiger partial charge < -0.3 is 10.1 Å². The van der Waals surface area contributed by atoms with Crippen LogP contribution < -0.4 is 15.5 Å². The monoisotopic (exact) mass is 395 g/mol. The number of methoxy groups -OCH3 is 1. The molecule has 0 saturated carbocycles. The second-order valence-corrected chi connectivity index (χ2v) is 6.88. The lowest BCUT2D eigenvalue weighted by Gasteiger charge is -2.04. The molecule has 4 aromatic rings. The summed E-state index contributed by atoms with van der Waals surface area (Å²) in [7, 11) is 1.63. The zero-order chi connectivity index (χ0) is 19.7. The third-order valence-corrected chi connectivity index (χ3v) is 5.01. The Morgan fingerprint density at radius 3 is 2.71 bits per heavy atom. The van der Waals surface area contributed by atoms with Crippen LogP contribution in [-0.4, -0.2) is 32.6 Å². The van der Waals surface area contributed by atoms with Gasteiger partial charge in [0.15, 0.2) is 5.13 Å². The van der Waals surface area contributed by atoms with Crippen LogP contribution in [0.25, 0.3) is 17.0 Å². The molecule has 9 heteroatoms. The maximum Gasteiger partial charge on any atom is 0.274 e. The van der Waals surface area contributed by atoms with Crippen molar-refractivity contribution in [1.82, 2.24) is 19.8 Å². The van der Waals surface area contributed by atoms with Crippen molar-refractivity contribution in [2.45, 2.75) is 6.92 Å². The van der Waals surface area contributed by atoms with Crippen molar-refractivity contribution in [3.8, 4) is 17.1 Å². The molecule has 0 aliphatic heterocycles. The van der Waals surface area contributed by atoms with Crippen LogP contribution >= 0.6 is 11.3 Å². The molecule has 28 heavy (non-hydrogen) atoms. The first-order valence-corrected chi connectivity index (χ1v) is 9.27. The van der Waals surface area contributed by atoms with E-state index in [1.54, 1.807) is 36.9 Å². The van der Waals surface area contributed by atoms with E-state index >= 15 is 0 Å². The molecule has 142 valence electrons. The normalized spacial score (nSPS) is 10.8. The molecule has 0 radical (unpaired) electrons. The highest BCUT2D eigenvalue weighted by Gasteiger charge is 2.15. The quantitative estimate of drug-likeness (QED) is 0.352. The molecule has 0 aliphatic carbocycles. The number of nitrogens with zero attached hydrogens (tertiary/aromatic N) is 3. The number of hydrogen-bond donors (Lipinski definition) is 3. The number of rotatable bonds is 5. The number of hydrogen-bond acceptors (Lipinski definition) is 7. The summed E-state index contributed by atoms with van der Waals surface area (Å²) in [5, 5.41) is 14.6. The minimum Gasteiger partial charge on any atom is -0.497 e. The lowest BCUT2D eigenvalue weighted by atomic mass is 10.2. The molecule has 0 saturated heterocycles. The Morgan fingerprint density at radius 1 is 1.21 bits per heavy atom. The SMILES string of the molecule is COc1ccn2c(-c3csc(Nc4ccc(C(=O)NO)cc4)n3)c(C)nc2c1. The second kappa shape index (κ2) is 7.29. The van der Waals surface area contributed by atoms with Gasteiger partial charge in [0, 0.05) is 28.9 Å². The number of fused-ring (bicyclic) bond motifs is 1. The number of aryl methyl sites for hydroxylation is 1. The third kappa shape index (κ3) is 3.28. The second-order valence-electron chi connectivity index (χ2n) is 6.02. The predicted octanol–water partition coefficient (Wildman–Crippen LogP) is 3.64. The first-order valence-electron chi connectivity index (χ1n) is 8.39. The average Bonchev–Trinajstić information content (AvgIpc) is 3.30. The van der Waals surface area contributed by atoms with E-state index in [-0.39, 0.29) is 0 Å². The minimum absolute atomic E-state index is 0.365. The fraction of sp³-hybridized carbons (Fsp3) is 0.105. The number of thiazole rings is 1. The molecular weight excluding hydrogens is 378 g/mol. The van der Waals surface area contributed by atoms with E-state index in [2.05, 4.69) is 15.3 Å². The van der Waals surface area contributed by atoms with Gasteiger partial charge in [0.2, 0.25) is 0 Å². The van der Waals surface area contributed by atoms with Gasteiger partial charge in [-0.15, -0.1) is 11.3 Å². The molecule has 1 aromatic carbocycles. The van der Waals surface area contributed by atoms with Gasteiger partial charge in [-0.25, -0.2) is 15.4 Å².